The third kappa shape index (κ3) is 2.49. The van der Waals surface area contributed by atoms with Crippen LogP contribution in [-0.2, 0) is 27.2 Å². The van der Waals surface area contributed by atoms with Gasteiger partial charge in [-0.3, -0.25) is 40.0 Å². The summed E-state index contributed by atoms with van der Waals surface area (Å²) in [5.41, 5.74) is 6.76. The molecule has 4 amide bonds. The van der Waals surface area contributed by atoms with Gasteiger partial charge in [0.2, 0.25) is 11.8 Å². The average molecular weight is 383 g/mol. The van der Waals surface area contributed by atoms with E-state index in [1.807, 2.05) is 12.2 Å². The number of H-pyrrole nitrogens is 1. The standard InChI is InChI=1S/C19H21N5O4/c25-13(21-23-17(26)16-11-3-1-2-4-12(11)20-22-16)8-24-18(27)14-9-5-6-10(7-9)15(14)19(24)28/h5-6,9-10,14-15H,1-4,7-8H2,(H,20,22)(H,21,25)(H,23,26)/t9-,10-,14-,15-/m0/s1. The van der Waals surface area contributed by atoms with Crippen molar-refractivity contribution in [3.8, 4) is 0 Å². The zero-order valence-corrected chi connectivity index (χ0v) is 15.2. The topological polar surface area (TPSA) is 124 Å². The van der Waals surface area contributed by atoms with E-state index in [1.165, 1.54) is 0 Å². The van der Waals surface area contributed by atoms with E-state index in [-0.39, 0.29) is 47.7 Å². The van der Waals surface area contributed by atoms with Crippen LogP contribution in [0.25, 0.3) is 0 Å². The number of nitrogens with one attached hydrogen (secondary N) is 3. The minimum Gasteiger partial charge on any atom is -0.281 e. The van der Waals surface area contributed by atoms with Gasteiger partial charge in [0, 0.05) is 11.3 Å². The van der Waals surface area contributed by atoms with Crippen LogP contribution in [0, 0.1) is 23.7 Å². The van der Waals surface area contributed by atoms with Crippen LogP contribution in [0.15, 0.2) is 12.2 Å². The Kier molecular flexibility index (Phi) is 3.85. The van der Waals surface area contributed by atoms with Gasteiger partial charge in [0.25, 0.3) is 11.8 Å². The first kappa shape index (κ1) is 17.2. The smallest absolute Gasteiger partial charge is 0.281 e. The number of carbonyl (C=O) groups excluding carboxylic acids is 4. The number of rotatable bonds is 3. The van der Waals surface area contributed by atoms with Gasteiger partial charge >= 0.3 is 0 Å². The maximum absolute atomic E-state index is 12.6. The maximum atomic E-state index is 12.6. The van der Waals surface area contributed by atoms with Crippen LogP contribution >= 0.6 is 0 Å². The van der Waals surface area contributed by atoms with Gasteiger partial charge in [0.1, 0.15) is 6.54 Å². The summed E-state index contributed by atoms with van der Waals surface area (Å²) < 4.78 is 0. The molecule has 5 rings (SSSR count). The number of carbonyl (C=O) groups is 4. The number of allylic oxidation sites excluding steroid dienone is 2. The summed E-state index contributed by atoms with van der Waals surface area (Å²) in [4.78, 5) is 50.8. The van der Waals surface area contributed by atoms with E-state index in [4.69, 9.17) is 0 Å². The fourth-order valence-corrected chi connectivity index (χ4v) is 5.16. The van der Waals surface area contributed by atoms with Crippen LogP contribution in [-0.4, -0.2) is 45.3 Å². The van der Waals surface area contributed by atoms with Gasteiger partial charge in [-0.1, -0.05) is 12.2 Å². The number of nitrogens with zero attached hydrogens (tertiary/aromatic N) is 2. The molecule has 0 radical (unpaired) electrons. The van der Waals surface area contributed by atoms with Crippen LogP contribution < -0.4 is 10.9 Å². The van der Waals surface area contributed by atoms with Crippen molar-refractivity contribution in [3.05, 3.63) is 29.1 Å². The molecule has 9 heteroatoms. The molecule has 1 aliphatic heterocycles. The van der Waals surface area contributed by atoms with Gasteiger partial charge in [-0.2, -0.15) is 5.10 Å². The first-order valence-corrected chi connectivity index (χ1v) is 9.73. The molecule has 2 bridgehead atoms. The molecule has 0 unspecified atom stereocenters. The van der Waals surface area contributed by atoms with E-state index >= 15 is 0 Å². The van der Waals surface area contributed by atoms with Crippen molar-refractivity contribution in [2.75, 3.05) is 6.54 Å². The van der Waals surface area contributed by atoms with Crippen LogP contribution in [0.2, 0.25) is 0 Å². The lowest BCUT2D eigenvalue weighted by Crippen LogP contribution is -2.48. The molecule has 28 heavy (non-hydrogen) atoms. The second-order valence-corrected chi connectivity index (χ2v) is 8.00. The van der Waals surface area contributed by atoms with E-state index in [0.29, 0.717) is 0 Å². The molecule has 1 saturated carbocycles. The molecule has 2 fully saturated rings. The number of aromatic amines is 1. The van der Waals surface area contributed by atoms with Crippen molar-refractivity contribution in [2.45, 2.75) is 32.1 Å². The number of imide groups is 1. The first-order valence-electron chi connectivity index (χ1n) is 9.73. The van der Waals surface area contributed by atoms with Crippen molar-refractivity contribution < 1.29 is 19.2 Å². The number of amides is 4. The molecule has 1 saturated heterocycles. The number of fused-ring (bicyclic) bond motifs is 6. The lowest BCUT2D eigenvalue weighted by Gasteiger charge is -2.17. The van der Waals surface area contributed by atoms with Crippen molar-refractivity contribution in [1.82, 2.24) is 25.9 Å². The average Bonchev–Trinajstić information content (AvgIpc) is 3.46. The number of aryl methyl sites for hydroxylation is 1. The van der Waals surface area contributed by atoms with E-state index < -0.39 is 11.8 Å². The second-order valence-electron chi connectivity index (χ2n) is 8.00. The monoisotopic (exact) mass is 383 g/mol. The molecule has 4 aliphatic rings. The molecule has 9 nitrogen and oxygen atoms in total. The Labute approximate surface area is 160 Å². The highest BCUT2D eigenvalue weighted by Crippen LogP contribution is 2.52. The molecule has 4 atom stereocenters. The molecule has 1 aromatic heterocycles. The highest BCUT2D eigenvalue weighted by atomic mass is 16.2. The first-order chi connectivity index (χ1) is 13.5. The van der Waals surface area contributed by atoms with E-state index in [9.17, 15) is 19.2 Å². The number of hydrogen-bond donors (Lipinski definition) is 3. The van der Waals surface area contributed by atoms with Crippen molar-refractivity contribution in [2.24, 2.45) is 23.7 Å². The number of hydrogen-bond acceptors (Lipinski definition) is 5. The Balaban J connectivity index is 1.19. The largest absolute Gasteiger partial charge is 0.290 e. The SMILES string of the molecule is O=C(CN1C(=O)[C@@H]2[C@@H](C1=O)[C@H]1C=C[C@H]2C1)NNC(=O)c1n[nH]c2c1CCCC2. The number of hydrazine groups is 1. The highest BCUT2D eigenvalue weighted by Gasteiger charge is 2.59. The summed E-state index contributed by atoms with van der Waals surface area (Å²) in [6.07, 6.45) is 8.55. The van der Waals surface area contributed by atoms with E-state index in [1.54, 1.807) is 0 Å². The maximum Gasteiger partial charge on any atom is 0.290 e. The summed E-state index contributed by atoms with van der Waals surface area (Å²) in [6.45, 7) is -0.386. The summed E-state index contributed by atoms with van der Waals surface area (Å²) >= 11 is 0. The molecule has 1 aromatic rings. The van der Waals surface area contributed by atoms with Crippen molar-refractivity contribution in [1.29, 1.82) is 0 Å². The fourth-order valence-electron chi connectivity index (χ4n) is 5.16. The lowest BCUT2D eigenvalue weighted by atomic mass is 9.85. The quantitative estimate of drug-likeness (QED) is 0.381. The minimum atomic E-state index is -0.611. The second kappa shape index (κ2) is 6.29. The summed E-state index contributed by atoms with van der Waals surface area (Å²) in [7, 11) is 0. The Morgan fingerprint density at radius 2 is 1.75 bits per heavy atom. The Morgan fingerprint density at radius 3 is 2.46 bits per heavy atom. The van der Waals surface area contributed by atoms with Crippen LogP contribution in [0.5, 0.6) is 0 Å². The van der Waals surface area contributed by atoms with Crippen LogP contribution in [0.3, 0.4) is 0 Å². The zero-order chi connectivity index (χ0) is 19.4. The third-order valence-electron chi connectivity index (χ3n) is 6.45. The third-order valence-corrected chi connectivity index (χ3v) is 6.45. The molecule has 3 aliphatic carbocycles. The molecule has 0 spiro atoms. The molecule has 3 N–H and O–H groups in total. The lowest BCUT2D eigenvalue weighted by molar-refractivity contribution is -0.144. The molecular weight excluding hydrogens is 362 g/mol. The number of aromatic nitrogens is 2. The van der Waals surface area contributed by atoms with E-state index in [0.717, 1.165) is 48.3 Å². The minimum absolute atomic E-state index is 0.102. The predicted octanol–water partition coefficient (Wildman–Crippen LogP) is -0.143. The molecule has 2 heterocycles. The van der Waals surface area contributed by atoms with Crippen LogP contribution in [0.1, 0.15) is 41.0 Å². The molecular formula is C19H21N5O4. The summed E-state index contributed by atoms with van der Waals surface area (Å²) in [5, 5.41) is 6.93. The van der Waals surface area contributed by atoms with Crippen molar-refractivity contribution in [3.63, 3.8) is 0 Å². The normalized spacial score (nSPS) is 29.8. The Morgan fingerprint density at radius 1 is 1.07 bits per heavy atom. The predicted molar refractivity (Wildman–Crippen MR) is 95.3 cm³/mol. The van der Waals surface area contributed by atoms with Gasteiger partial charge in [0.05, 0.1) is 11.8 Å². The summed E-state index contributed by atoms with van der Waals surface area (Å²) in [6, 6.07) is 0. The van der Waals surface area contributed by atoms with Crippen molar-refractivity contribution >= 4 is 23.6 Å². The zero-order valence-electron chi connectivity index (χ0n) is 15.2. The van der Waals surface area contributed by atoms with Gasteiger partial charge in [-0.05, 0) is 43.9 Å². The number of likely N-dealkylation sites (tertiary alicyclic amines) is 1. The fraction of sp³-hybridized carbons (Fsp3) is 0.526. The van der Waals surface area contributed by atoms with Gasteiger partial charge in [-0.15, -0.1) is 0 Å². The van der Waals surface area contributed by atoms with E-state index in [2.05, 4.69) is 21.0 Å². The molecule has 0 aromatic carbocycles. The Bertz CT molecular complexity index is 889. The molecule has 146 valence electrons. The van der Waals surface area contributed by atoms with Gasteiger partial charge in [0.15, 0.2) is 5.69 Å². The van der Waals surface area contributed by atoms with Crippen LogP contribution in [0.4, 0.5) is 0 Å². The van der Waals surface area contributed by atoms with Gasteiger partial charge < -0.3 is 0 Å². The summed E-state index contributed by atoms with van der Waals surface area (Å²) in [5.74, 6) is -2.15. The Hall–Kier alpha value is -2.97. The highest BCUT2D eigenvalue weighted by molar-refractivity contribution is 6.08. The van der Waals surface area contributed by atoms with Gasteiger partial charge in [-0.25, -0.2) is 0 Å².